The van der Waals surface area contributed by atoms with E-state index in [1.54, 1.807) is 23.9 Å². The molecule has 1 heterocycles. The minimum atomic E-state index is -1.06. The van der Waals surface area contributed by atoms with Crippen molar-refractivity contribution in [3.8, 4) is 0 Å². The molecule has 0 spiro atoms. The van der Waals surface area contributed by atoms with Crippen LogP contribution in [0.25, 0.3) is 6.08 Å². The van der Waals surface area contributed by atoms with Gasteiger partial charge in [-0.05, 0) is 24.8 Å². The van der Waals surface area contributed by atoms with Gasteiger partial charge in [0.15, 0.2) is 0 Å². The van der Waals surface area contributed by atoms with E-state index in [4.69, 9.17) is 5.11 Å². The van der Waals surface area contributed by atoms with Crippen LogP contribution in [-0.2, 0) is 4.79 Å². The molecule has 0 fully saturated rings. The van der Waals surface area contributed by atoms with Gasteiger partial charge in [-0.2, -0.15) is 11.8 Å². The predicted octanol–water partition coefficient (Wildman–Crippen LogP) is 2.05. The van der Waals surface area contributed by atoms with E-state index in [0.717, 1.165) is 12.5 Å². The summed E-state index contributed by atoms with van der Waals surface area (Å²) in [5, 5.41) is 11.9. The maximum Gasteiger partial charge on any atom is 0.328 e. The van der Waals surface area contributed by atoms with Gasteiger partial charge in [0.1, 0.15) is 5.69 Å². The second-order valence-electron chi connectivity index (χ2n) is 4.20. The smallest absolute Gasteiger partial charge is 0.328 e. The SMILES string of the molecule is CSC(C)CCNC(=O)c1ncccc1/C=C/C(=O)O. The van der Waals surface area contributed by atoms with Crippen molar-refractivity contribution in [2.75, 3.05) is 12.8 Å². The first-order chi connectivity index (χ1) is 9.54. The van der Waals surface area contributed by atoms with Gasteiger partial charge in [0.05, 0.1) is 0 Å². The summed E-state index contributed by atoms with van der Waals surface area (Å²) >= 11 is 1.74. The van der Waals surface area contributed by atoms with Crippen LogP contribution in [0, 0.1) is 0 Å². The van der Waals surface area contributed by atoms with E-state index in [1.807, 2.05) is 6.26 Å². The number of nitrogens with one attached hydrogen (secondary N) is 1. The monoisotopic (exact) mass is 294 g/mol. The lowest BCUT2D eigenvalue weighted by atomic mass is 10.1. The molecule has 0 saturated heterocycles. The number of aliphatic carboxylic acids is 1. The van der Waals surface area contributed by atoms with Crippen LogP contribution in [0.15, 0.2) is 24.4 Å². The highest BCUT2D eigenvalue weighted by Gasteiger charge is 2.11. The van der Waals surface area contributed by atoms with E-state index in [-0.39, 0.29) is 11.6 Å². The summed E-state index contributed by atoms with van der Waals surface area (Å²) < 4.78 is 0. The van der Waals surface area contributed by atoms with Crippen LogP contribution in [0.2, 0.25) is 0 Å². The number of carboxylic acids is 1. The number of hydrogen-bond acceptors (Lipinski definition) is 4. The van der Waals surface area contributed by atoms with Gasteiger partial charge >= 0.3 is 5.97 Å². The number of aromatic nitrogens is 1. The van der Waals surface area contributed by atoms with Crippen molar-refractivity contribution in [3.05, 3.63) is 35.7 Å². The fourth-order valence-electron chi connectivity index (χ4n) is 1.49. The molecule has 20 heavy (non-hydrogen) atoms. The summed E-state index contributed by atoms with van der Waals surface area (Å²) in [5.41, 5.74) is 0.729. The third-order valence-electron chi connectivity index (χ3n) is 2.70. The van der Waals surface area contributed by atoms with E-state index >= 15 is 0 Å². The van der Waals surface area contributed by atoms with Crippen LogP contribution in [0.4, 0.5) is 0 Å². The summed E-state index contributed by atoms with van der Waals surface area (Å²) in [4.78, 5) is 26.6. The Morgan fingerprint density at radius 2 is 2.30 bits per heavy atom. The largest absolute Gasteiger partial charge is 0.478 e. The molecule has 0 aliphatic carbocycles. The lowest BCUT2D eigenvalue weighted by Crippen LogP contribution is -2.27. The van der Waals surface area contributed by atoms with Crippen molar-refractivity contribution >= 4 is 29.7 Å². The molecular formula is C14H18N2O3S. The second kappa shape index (κ2) is 8.37. The molecule has 1 aromatic rings. The Labute approximate surface area is 122 Å². The molecule has 0 saturated carbocycles. The van der Waals surface area contributed by atoms with Crippen molar-refractivity contribution < 1.29 is 14.7 Å². The predicted molar refractivity (Wildman–Crippen MR) is 80.8 cm³/mol. The molecule has 1 unspecified atom stereocenters. The Bertz CT molecular complexity index is 503. The van der Waals surface area contributed by atoms with Gasteiger partial charge in [-0.3, -0.25) is 9.78 Å². The van der Waals surface area contributed by atoms with Crippen molar-refractivity contribution in [2.24, 2.45) is 0 Å². The third kappa shape index (κ3) is 5.44. The number of rotatable bonds is 7. The van der Waals surface area contributed by atoms with Crippen LogP contribution < -0.4 is 5.32 Å². The number of hydrogen-bond donors (Lipinski definition) is 2. The number of pyridine rings is 1. The molecule has 108 valence electrons. The van der Waals surface area contributed by atoms with Gasteiger partial charge in [-0.25, -0.2) is 4.79 Å². The highest BCUT2D eigenvalue weighted by Crippen LogP contribution is 2.10. The lowest BCUT2D eigenvalue weighted by molar-refractivity contribution is -0.131. The fourth-order valence-corrected chi connectivity index (χ4v) is 1.85. The maximum absolute atomic E-state index is 12.0. The minimum Gasteiger partial charge on any atom is -0.478 e. The molecule has 1 aromatic heterocycles. The molecule has 1 amide bonds. The average Bonchev–Trinajstić information content (AvgIpc) is 2.45. The summed E-state index contributed by atoms with van der Waals surface area (Å²) in [6, 6.07) is 3.32. The molecular weight excluding hydrogens is 276 g/mol. The average molecular weight is 294 g/mol. The Morgan fingerprint density at radius 3 is 2.95 bits per heavy atom. The van der Waals surface area contributed by atoms with Gasteiger partial charge in [-0.15, -0.1) is 0 Å². The summed E-state index contributed by atoms with van der Waals surface area (Å²) in [7, 11) is 0. The van der Waals surface area contributed by atoms with E-state index in [1.165, 1.54) is 12.3 Å². The molecule has 1 rings (SSSR count). The van der Waals surface area contributed by atoms with Gasteiger partial charge in [0.2, 0.25) is 0 Å². The van der Waals surface area contributed by atoms with Gasteiger partial charge in [0, 0.05) is 29.6 Å². The molecule has 6 heteroatoms. The van der Waals surface area contributed by atoms with Crippen molar-refractivity contribution in [1.29, 1.82) is 0 Å². The zero-order chi connectivity index (χ0) is 15.0. The first kappa shape index (κ1) is 16.2. The topological polar surface area (TPSA) is 79.3 Å². The quantitative estimate of drug-likeness (QED) is 0.752. The molecule has 0 bridgehead atoms. The number of carbonyl (C=O) groups is 2. The number of carbonyl (C=O) groups excluding carboxylic acids is 1. The zero-order valence-corrected chi connectivity index (χ0v) is 12.3. The van der Waals surface area contributed by atoms with Crippen molar-refractivity contribution in [3.63, 3.8) is 0 Å². The summed E-state index contributed by atoms with van der Waals surface area (Å²) in [5.74, 6) is -1.35. The number of nitrogens with zero attached hydrogens (tertiary/aromatic N) is 1. The van der Waals surface area contributed by atoms with Crippen LogP contribution in [0.3, 0.4) is 0 Å². The zero-order valence-electron chi connectivity index (χ0n) is 11.5. The highest BCUT2D eigenvalue weighted by atomic mass is 32.2. The first-order valence-electron chi connectivity index (χ1n) is 6.21. The van der Waals surface area contributed by atoms with E-state index in [0.29, 0.717) is 17.4 Å². The molecule has 0 radical (unpaired) electrons. The highest BCUT2D eigenvalue weighted by molar-refractivity contribution is 7.99. The third-order valence-corrected chi connectivity index (χ3v) is 3.74. The number of amides is 1. The minimum absolute atomic E-state index is 0.238. The van der Waals surface area contributed by atoms with E-state index in [2.05, 4.69) is 17.2 Å². The fraction of sp³-hybridized carbons (Fsp3) is 0.357. The van der Waals surface area contributed by atoms with Crippen LogP contribution in [-0.4, -0.2) is 40.0 Å². The maximum atomic E-state index is 12.0. The van der Waals surface area contributed by atoms with Crippen molar-refractivity contribution in [2.45, 2.75) is 18.6 Å². The Balaban J connectivity index is 2.70. The lowest BCUT2D eigenvalue weighted by Gasteiger charge is -2.09. The van der Waals surface area contributed by atoms with E-state index in [9.17, 15) is 9.59 Å². The van der Waals surface area contributed by atoms with E-state index < -0.39 is 5.97 Å². The summed E-state index contributed by atoms with van der Waals surface area (Å²) in [6.07, 6.45) is 6.77. The second-order valence-corrected chi connectivity index (χ2v) is 5.48. The van der Waals surface area contributed by atoms with Gasteiger partial charge in [0.25, 0.3) is 5.91 Å². The molecule has 5 nitrogen and oxygen atoms in total. The Kier molecular flexibility index (Phi) is 6.79. The molecule has 0 aliphatic rings. The van der Waals surface area contributed by atoms with Crippen LogP contribution in [0.1, 0.15) is 29.4 Å². The van der Waals surface area contributed by atoms with Crippen LogP contribution in [0.5, 0.6) is 0 Å². The Hall–Kier alpha value is -1.82. The van der Waals surface area contributed by atoms with Crippen molar-refractivity contribution in [1.82, 2.24) is 10.3 Å². The standard InChI is InChI=1S/C14H18N2O3S/c1-10(20-2)7-9-16-14(19)13-11(4-3-8-15-13)5-6-12(17)18/h3-6,8,10H,7,9H2,1-2H3,(H,16,19)(H,17,18)/b6-5+. The van der Waals surface area contributed by atoms with Gasteiger partial charge < -0.3 is 10.4 Å². The first-order valence-corrected chi connectivity index (χ1v) is 7.50. The van der Waals surface area contributed by atoms with Crippen LogP contribution >= 0.6 is 11.8 Å². The Morgan fingerprint density at radius 1 is 1.55 bits per heavy atom. The number of thioether (sulfide) groups is 1. The summed E-state index contributed by atoms with van der Waals surface area (Å²) in [6.45, 7) is 2.66. The molecule has 1 atom stereocenters. The number of carboxylic acid groups (broad SMARTS) is 1. The van der Waals surface area contributed by atoms with Gasteiger partial charge in [-0.1, -0.05) is 13.0 Å². The normalized spacial score (nSPS) is 12.3. The molecule has 0 aromatic carbocycles. The molecule has 2 N–H and O–H groups in total. The molecule has 0 aliphatic heterocycles.